The van der Waals surface area contributed by atoms with Crippen molar-refractivity contribution in [3.05, 3.63) is 35.6 Å². The first-order valence-corrected chi connectivity index (χ1v) is 7.56. The van der Waals surface area contributed by atoms with Gasteiger partial charge in [-0.2, -0.15) is 0 Å². The second kappa shape index (κ2) is 7.35. The molecule has 1 aliphatic heterocycles. The van der Waals surface area contributed by atoms with Crippen LogP contribution < -0.4 is 11.1 Å². The molecule has 2 atom stereocenters. The highest BCUT2D eigenvalue weighted by Crippen LogP contribution is 2.19. The molecule has 22 heavy (non-hydrogen) atoms. The van der Waals surface area contributed by atoms with E-state index < -0.39 is 0 Å². The minimum absolute atomic E-state index is 0.0606. The van der Waals surface area contributed by atoms with Crippen LogP contribution in [0.4, 0.5) is 4.39 Å². The van der Waals surface area contributed by atoms with Gasteiger partial charge in [0.25, 0.3) is 5.91 Å². The third-order valence-electron chi connectivity index (χ3n) is 3.91. The zero-order valence-electron chi connectivity index (χ0n) is 12.7. The van der Waals surface area contributed by atoms with Gasteiger partial charge in [-0.1, -0.05) is 0 Å². The molecular weight excluding hydrogens is 285 g/mol. The lowest BCUT2D eigenvalue weighted by molar-refractivity contribution is -0.126. The van der Waals surface area contributed by atoms with Crippen LogP contribution in [0, 0.1) is 11.7 Å². The zero-order valence-corrected chi connectivity index (χ0v) is 12.7. The second-order valence-electron chi connectivity index (χ2n) is 5.74. The predicted molar refractivity (Wildman–Crippen MR) is 81.7 cm³/mol. The molecule has 1 aliphatic rings. The van der Waals surface area contributed by atoms with Crippen molar-refractivity contribution in [2.45, 2.75) is 25.8 Å². The molecule has 0 aliphatic carbocycles. The molecule has 0 bridgehead atoms. The smallest absolute Gasteiger partial charge is 0.253 e. The SMILES string of the molecule is C[C@@H](CN)NC(=O)C1CCCN(C(=O)c2ccc(F)cc2)C1. The van der Waals surface area contributed by atoms with Gasteiger partial charge in [0.15, 0.2) is 0 Å². The lowest BCUT2D eigenvalue weighted by Crippen LogP contribution is -2.48. The summed E-state index contributed by atoms with van der Waals surface area (Å²) < 4.78 is 12.9. The predicted octanol–water partition coefficient (Wildman–Crippen LogP) is 1.14. The minimum Gasteiger partial charge on any atom is -0.352 e. The van der Waals surface area contributed by atoms with Crippen LogP contribution in [0.25, 0.3) is 0 Å². The molecule has 5 nitrogen and oxygen atoms in total. The number of nitrogens with two attached hydrogens (primary N) is 1. The monoisotopic (exact) mass is 307 g/mol. The van der Waals surface area contributed by atoms with Crippen LogP contribution in [0.3, 0.4) is 0 Å². The Balaban J connectivity index is 1.99. The van der Waals surface area contributed by atoms with Gasteiger partial charge in [0.05, 0.1) is 5.92 Å². The summed E-state index contributed by atoms with van der Waals surface area (Å²) in [7, 11) is 0. The maximum atomic E-state index is 12.9. The third-order valence-corrected chi connectivity index (χ3v) is 3.91. The summed E-state index contributed by atoms with van der Waals surface area (Å²) in [6.45, 7) is 3.24. The number of hydrogen-bond acceptors (Lipinski definition) is 3. The highest BCUT2D eigenvalue weighted by molar-refractivity contribution is 5.94. The molecule has 1 saturated heterocycles. The molecule has 6 heteroatoms. The minimum atomic E-state index is -0.372. The summed E-state index contributed by atoms with van der Waals surface area (Å²) >= 11 is 0. The number of halogens is 1. The number of benzene rings is 1. The van der Waals surface area contributed by atoms with Crippen LogP contribution in [0.5, 0.6) is 0 Å². The second-order valence-corrected chi connectivity index (χ2v) is 5.74. The molecule has 0 saturated carbocycles. The maximum absolute atomic E-state index is 12.9. The molecule has 3 N–H and O–H groups in total. The highest BCUT2D eigenvalue weighted by atomic mass is 19.1. The van der Waals surface area contributed by atoms with Gasteiger partial charge >= 0.3 is 0 Å². The summed E-state index contributed by atoms with van der Waals surface area (Å²) in [6.07, 6.45) is 1.54. The summed E-state index contributed by atoms with van der Waals surface area (Å²) in [5.41, 5.74) is 5.95. The van der Waals surface area contributed by atoms with Crippen molar-refractivity contribution >= 4 is 11.8 Å². The van der Waals surface area contributed by atoms with Gasteiger partial charge in [-0.3, -0.25) is 9.59 Å². The average Bonchev–Trinajstić information content (AvgIpc) is 2.54. The molecule has 1 aromatic rings. The molecule has 1 fully saturated rings. The van der Waals surface area contributed by atoms with E-state index in [1.54, 1.807) is 4.90 Å². The molecular formula is C16H22FN3O2. The molecule has 1 aromatic carbocycles. The van der Waals surface area contributed by atoms with E-state index in [0.717, 1.165) is 12.8 Å². The number of hydrogen-bond donors (Lipinski definition) is 2. The molecule has 0 spiro atoms. The summed E-state index contributed by atoms with van der Waals surface area (Å²) in [6, 6.07) is 5.40. The number of amides is 2. The fraction of sp³-hybridized carbons (Fsp3) is 0.500. The van der Waals surface area contributed by atoms with Crippen LogP contribution >= 0.6 is 0 Å². The van der Waals surface area contributed by atoms with E-state index in [9.17, 15) is 14.0 Å². The fourth-order valence-electron chi connectivity index (χ4n) is 2.57. The number of nitrogens with one attached hydrogen (secondary N) is 1. The average molecular weight is 307 g/mol. The number of nitrogens with zero attached hydrogens (tertiary/aromatic N) is 1. The Kier molecular flexibility index (Phi) is 5.49. The van der Waals surface area contributed by atoms with E-state index in [4.69, 9.17) is 5.73 Å². The van der Waals surface area contributed by atoms with Crippen LogP contribution in [0.1, 0.15) is 30.1 Å². The molecule has 1 heterocycles. The zero-order chi connectivity index (χ0) is 16.1. The standard InChI is InChI=1S/C16H22FN3O2/c1-11(9-18)19-15(21)13-3-2-8-20(10-13)16(22)12-4-6-14(17)7-5-12/h4-7,11,13H,2-3,8-10,18H2,1H3,(H,19,21)/t11-,13?/m0/s1. The normalized spacial score (nSPS) is 19.6. The van der Waals surface area contributed by atoms with Gasteiger partial charge in [0.2, 0.25) is 5.91 Å². The Morgan fingerprint density at radius 1 is 1.41 bits per heavy atom. The quantitative estimate of drug-likeness (QED) is 0.876. The summed E-state index contributed by atoms with van der Waals surface area (Å²) in [5, 5.41) is 2.85. The van der Waals surface area contributed by atoms with E-state index >= 15 is 0 Å². The molecule has 2 rings (SSSR count). The van der Waals surface area contributed by atoms with Crippen molar-refractivity contribution in [3.63, 3.8) is 0 Å². The topological polar surface area (TPSA) is 75.4 Å². The Morgan fingerprint density at radius 3 is 2.73 bits per heavy atom. The van der Waals surface area contributed by atoms with Gasteiger partial charge in [0, 0.05) is 31.2 Å². The van der Waals surface area contributed by atoms with Gasteiger partial charge in [0.1, 0.15) is 5.82 Å². The number of carbonyl (C=O) groups excluding carboxylic acids is 2. The number of carbonyl (C=O) groups is 2. The van der Waals surface area contributed by atoms with Crippen molar-refractivity contribution in [1.29, 1.82) is 0 Å². The van der Waals surface area contributed by atoms with Crippen molar-refractivity contribution in [2.24, 2.45) is 11.7 Å². The Hall–Kier alpha value is -1.95. The van der Waals surface area contributed by atoms with Crippen LogP contribution in [-0.4, -0.2) is 42.4 Å². The first kappa shape index (κ1) is 16.4. The van der Waals surface area contributed by atoms with E-state index in [1.807, 2.05) is 6.92 Å². The molecule has 0 radical (unpaired) electrons. The maximum Gasteiger partial charge on any atom is 0.253 e. The van der Waals surface area contributed by atoms with Crippen molar-refractivity contribution in [3.8, 4) is 0 Å². The van der Waals surface area contributed by atoms with Crippen molar-refractivity contribution < 1.29 is 14.0 Å². The van der Waals surface area contributed by atoms with Crippen molar-refractivity contribution in [2.75, 3.05) is 19.6 Å². The van der Waals surface area contributed by atoms with E-state index in [0.29, 0.717) is 25.2 Å². The van der Waals surface area contributed by atoms with Crippen molar-refractivity contribution in [1.82, 2.24) is 10.2 Å². The fourth-order valence-corrected chi connectivity index (χ4v) is 2.57. The first-order valence-electron chi connectivity index (χ1n) is 7.56. The van der Waals surface area contributed by atoms with Gasteiger partial charge in [-0.15, -0.1) is 0 Å². The summed E-state index contributed by atoms with van der Waals surface area (Å²) in [5.74, 6) is -0.811. The van der Waals surface area contributed by atoms with Crippen LogP contribution in [0.2, 0.25) is 0 Å². The third kappa shape index (κ3) is 4.04. The lowest BCUT2D eigenvalue weighted by atomic mass is 9.96. The van der Waals surface area contributed by atoms with Crippen LogP contribution in [-0.2, 0) is 4.79 Å². The number of rotatable bonds is 4. The largest absolute Gasteiger partial charge is 0.352 e. The van der Waals surface area contributed by atoms with Crippen LogP contribution in [0.15, 0.2) is 24.3 Å². The molecule has 2 amide bonds. The van der Waals surface area contributed by atoms with E-state index in [1.165, 1.54) is 24.3 Å². The molecule has 1 unspecified atom stereocenters. The Labute approximate surface area is 129 Å². The summed E-state index contributed by atoms with van der Waals surface area (Å²) in [4.78, 5) is 26.2. The van der Waals surface area contributed by atoms with E-state index in [2.05, 4.69) is 5.32 Å². The number of likely N-dealkylation sites (tertiary alicyclic amines) is 1. The van der Waals surface area contributed by atoms with Gasteiger partial charge < -0.3 is 16.0 Å². The first-order chi connectivity index (χ1) is 10.5. The van der Waals surface area contributed by atoms with Gasteiger partial charge in [-0.25, -0.2) is 4.39 Å². The van der Waals surface area contributed by atoms with Gasteiger partial charge in [-0.05, 0) is 44.0 Å². The molecule has 0 aromatic heterocycles. The van der Waals surface area contributed by atoms with E-state index in [-0.39, 0.29) is 29.6 Å². The Bertz CT molecular complexity index is 533. The Morgan fingerprint density at radius 2 is 2.09 bits per heavy atom. The highest BCUT2D eigenvalue weighted by Gasteiger charge is 2.29. The molecule has 120 valence electrons. The lowest BCUT2D eigenvalue weighted by Gasteiger charge is -2.32. The number of piperidine rings is 1.